The molecule has 182 valence electrons. The summed E-state index contributed by atoms with van der Waals surface area (Å²) < 4.78 is 2.26. The largest absolute Gasteiger partial charge is 0.367 e. The maximum absolute atomic E-state index is 6.10. The molecule has 2 heterocycles. The van der Waals surface area contributed by atoms with Gasteiger partial charge in [-0.2, -0.15) is 9.97 Å². The van der Waals surface area contributed by atoms with E-state index in [9.17, 15) is 0 Å². The number of fused-ring (bicyclic) bond motifs is 1. The molecule has 2 aliphatic carbocycles. The van der Waals surface area contributed by atoms with Crippen LogP contribution in [0.15, 0.2) is 30.6 Å². The third-order valence-electron chi connectivity index (χ3n) is 7.06. The first-order chi connectivity index (χ1) is 16.7. The number of benzene rings is 1. The van der Waals surface area contributed by atoms with Gasteiger partial charge < -0.3 is 26.3 Å². The van der Waals surface area contributed by atoms with E-state index in [-0.39, 0.29) is 0 Å². The van der Waals surface area contributed by atoms with E-state index in [0.29, 0.717) is 24.1 Å². The Morgan fingerprint density at radius 2 is 1.85 bits per heavy atom. The fraction of sp³-hybridized carbons (Fsp3) is 0.560. The lowest BCUT2D eigenvalue weighted by molar-refractivity contribution is 0.410. The van der Waals surface area contributed by atoms with Crippen molar-refractivity contribution in [1.82, 2.24) is 24.8 Å². The van der Waals surface area contributed by atoms with Crippen LogP contribution < -0.4 is 21.7 Å². The SMILES string of the molecule is NC1CCC(Nc2nc(NCCNCc3cccc(Cl)c3)c3ncn(C4CCCC4)c3n2)CC1. The maximum atomic E-state index is 6.10. The molecule has 34 heavy (non-hydrogen) atoms. The van der Waals surface area contributed by atoms with Gasteiger partial charge in [-0.15, -0.1) is 0 Å². The fourth-order valence-corrected chi connectivity index (χ4v) is 5.36. The van der Waals surface area contributed by atoms with Crippen LogP contribution in [0.3, 0.4) is 0 Å². The molecule has 0 saturated heterocycles. The number of nitrogens with one attached hydrogen (secondary N) is 3. The van der Waals surface area contributed by atoms with Crippen LogP contribution in [0, 0.1) is 0 Å². The van der Waals surface area contributed by atoms with E-state index in [4.69, 9.17) is 32.3 Å². The van der Waals surface area contributed by atoms with Gasteiger partial charge in [0.05, 0.1) is 6.33 Å². The number of imidazole rings is 1. The number of halogens is 1. The van der Waals surface area contributed by atoms with Crippen LogP contribution in [0.2, 0.25) is 5.02 Å². The summed E-state index contributed by atoms with van der Waals surface area (Å²) in [5.41, 5.74) is 9.04. The van der Waals surface area contributed by atoms with Crippen molar-refractivity contribution in [2.75, 3.05) is 23.7 Å². The molecule has 3 aromatic rings. The lowest BCUT2D eigenvalue weighted by Gasteiger charge is -2.27. The van der Waals surface area contributed by atoms with Gasteiger partial charge in [-0.05, 0) is 56.2 Å². The average Bonchev–Trinajstić information content (AvgIpc) is 3.50. The molecule has 2 fully saturated rings. The Labute approximate surface area is 206 Å². The minimum Gasteiger partial charge on any atom is -0.367 e. The van der Waals surface area contributed by atoms with Crippen molar-refractivity contribution in [3.63, 3.8) is 0 Å². The minimum atomic E-state index is 0.321. The predicted octanol–water partition coefficient (Wildman–Crippen LogP) is 4.48. The lowest BCUT2D eigenvalue weighted by Crippen LogP contribution is -2.33. The molecule has 8 nitrogen and oxygen atoms in total. The summed E-state index contributed by atoms with van der Waals surface area (Å²) in [6, 6.07) is 9.10. The molecule has 2 aromatic heterocycles. The first-order valence-electron chi connectivity index (χ1n) is 12.6. The number of nitrogens with zero attached hydrogens (tertiary/aromatic N) is 4. The van der Waals surface area contributed by atoms with Gasteiger partial charge in [-0.25, -0.2) is 4.98 Å². The van der Waals surface area contributed by atoms with Crippen molar-refractivity contribution in [1.29, 1.82) is 0 Å². The maximum Gasteiger partial charge on any atom is 0.227 e. The standard InChI is InChI=1S/C25H35ClN8/c26-18-5-3-4-17(14-18)15-28-12-13-29-23-22-24(34(16-30-22)21-6-1-2-7-21)33-25(32-23)31-20-10-8-19(27)9-11-20/h3-5,14,16,19-21,28H,1-2,6-13,15,27H2,(H2,29,31,32,33). The molecular weight excluding hydrogens is 448 g/mol. The van der Waals surface area contributed by atoms with Gasteiger partial charge in [0, 0.05) is 42.8 Å². The zero-order valence-electron chi connectivity index (χ0n) is 19.6. The number of nitrogens with two attached hydrogens (primary N) is 1. The highest BCUT2D eigenvalue weighted by Gasteiger charge is 2.23. The first-order valence-corrected chi connectivity index (χ1v) is 13.0. The number of hydrogen-bond acceptors (Lipinski definition) is 7. The van der Waals surface area contributed by atoms with Gasteiger partial charge >= 0.3 is 0 Å². The van der Waals surface area contributed by atoms with Crippen LogP contribution >= 0.6 is 11.6 Å². The van der Waals surface area contributed by atoms with E-state index in [0.717, 1.165) is 67.3 Å². The van der Waals surface area contributed by atoms with E-state index in [1.54, 1.807) is 0 Å². The Balaban J connectivity index is 1.28. The summed E-state index contributed by atoms with van der Waals surface area (Å²) in [4.78, 5) is 14.5. The molecule has 0 atom stereocenters. The Bertz CT molecular complexity index is 1090. The second-order valence-corrected chi connectivity index (χ2v) is 10.1. The van der Waals surface area contributed by atoms with E-state index in [1.165, 1.54) is 31.2 Å². The van der Waals surface area contributed by atoms with Gasteiger partial charge in [-0.1, -0.05) is 36.6 Å². The summed E-state index contributed by atoms with van der Waals surface area (Å²) in [5, 5.41) is 11.3. The molecule has 0 spiro atoms. The second-order valence-electron chi connectivity index (χ2n) is 9.65. The Kier molecular flexibility index (Phi) is 7.47. The van der Waals surface area contributed by atoms with E-state index in [1.807, 2.05) is 24.5 Å². The van der Waals surface area contributed by atoms with Gasteiger partial charge in [0.1, 0.15) is 0 Å². The molecule has 0 bridgehead atoms. The number of hydrogen-bond donors (Lipinski definition) is 4. The highest BCUT2D eigenvalue weighted by molar-refractivity contribution is 6.30. The zero-order chi connectivity index (χ0) is 23.3. The Morgan fingerprint density at radius 3 is 2.65 bits per heavy atom. The summed E-state index contributed by atoms with van der Waals surface area (Å²) in [6.07, 6.45) is 11.1. The number of rotatable bonds is 9. The molecule has 0 amide bonds. The summed E-state index contributed by atoms with van der Waals surface area (Å²) in [6.45, 7) is 2.31. The van der Waals surface area contributed by atoms with Crippen molar-refractivity contribution >= 4 is 34.5 Å². The molecule has 2 aliphatic rings. The zero-order valence-corrected chi connectivity index (χ0v) is 20.4. The molecular formula is C25H35ClN8. The van der Waals surface area contributed by atoms with Crippen LogP contribution in [0.4, 0.5) is 11.8 Å². The highest BCUT2D eigenvalue weighted by Crippen LogP contribution is 2.33. The summed E-state index contributed by atoms with van der Waals surface area (Å²) in [7, 11) is 0. The number of anilines is 2. The normalized spacial score (nSPS) is 21.2. The van der Waals surface area contributed by atoms with Crippen molar-refractivity contribution < 1.29 is 0 Å². The fourth-order valence-electron chi connectivity index (χ4n) is 5.15. The van der Waals surface area contributed by atoms with Crippen molar-refractivity contribution in [2.45, 2.75) is 76.0 Å². The molecule has 0 aliphatic heterocycles. The molecule has 5 N–H and O–H groups in total. The molecule has 5 rings (SSSR count). The minimum absolute atomic E-state index is 0.321. The van der Waals surface area contributed by atoms with Crippen LogP contribution in [0.25, 0.3) is 11.2 Å². The third kappa shape index (κ3) is 5.62. The van der Waals surface area contributed by atoms with E-state index >= 15 is 0 Å². The Hall–Kier alpha value is -2.42. The molecule has 1 aromatic carbocycles. The van der Waals surface area contributed by atoms with E-state index in [2.05, 4.69) is 26.6 Å². The summed E-state index contributed by atoms with van der Waals surface area (Å²) >= 11 is 6.09. The van der Waals surface area contributed by atoms with Gasteiger partial charge in [0.15, 0.2) is 17.0 Å². The van der Waals surface area contributed by atoms with E-state index < -0.39 is 0 Å². The highest BCUT2D eigenvalue weighted by atomic mass is 35.5. The monoisotopic (exact) mass is 482 g/mol. The van der Waals surface area contributed by atoms with Crippen molar-refractivity contribution in [3.8, 4) is 0 Å². The topological polar surface area (TPSA) is 106 Å². The molecule has 0 radical (unpaired) electrons. The van der Waals surface area contributed by atoms with Crippen LogP contribution in [-0.4, -0.2) is 44.7 Å². The van der Waals surface area contributed by atoms with Crippen molar-refractivity contribution in [2.24, 2.45) is 5.73 Å². The first kappa shape index (κ1) is 23.3. The van der Waals surface area contributed by atoms with Crippen LogP contribution in [0.1, 0.15) is 63.0 Å². The molecule has 9 heteroatoms. The third-order valence-corrected chi connectivity index (χ3v) is 7.29. The molecule has 0 unspecified atom stereocenters. The van der Waals surface area contributed by atoms with Gasteiger partial charge in [-0.3, -0.25) is 0 Å². The smallest absolute Gasteiger partial charge is 0.227 e. The van der Waals surface area contributed by atoms with Crippen LogP contribution in [0.5, 0.6) is 0 Å². The van der Waals surface area contributed by atoms with Crippen molar-refractivity contribution in [3.05, 3.63) is 41.2 Å². The second kappa shape index (κ2) is 10.9. The van der Waals surface area contributed by atoms with Gasteiger partial charge in [0.25, 0.3) is 0 Å². The average molecular weight is 483 g/mol. The molecule has 2 saturated carbocycles. The number of aromatic nitrogens is 4. The lowest BCUT2D eigenvalue weighted by atomic mass is 9.92. The summed E-state index contributed by atoms with van der Waals surface area (Å²) in [5.74, 6) is 1.48. The quantitative estimate of drug-likeness (QED) is 0.333. The predicted molar refractivity (Wildman–Crippen MR) is 138 cm³/mol. The van der Waals surface area contributed by atoms with Crippen LogP contribution in [-0.2, 0) is 6.54 Å². The van der Waals surface area contributed by atoms with Gasteiger partial charge in [0.2, 0.25) is 5.95 Å². The Morgan fingerprint density at radius 1 is 1.03 bits per heavy atom.